The van der Waals surface area contributed by atoms with Crippen LogP contribution in [0.2, 0.25) is 0 Å². The van der Waals surface area contributed by atoms with Crippen LogP contribution < -0.4 is 14.8 Å². The van der Waals surface area contributed by atoms with E-state index in [0.717, 1.165) is 16.6 Å². The van der Waals surface area contributed by atoms with E-state index < -0.39 is 0 Å². The van der Waals surface area contributed by atoms with Gasteiger partial charge < -0.3 is 14.8 Å². The largest absolute Gasteiger partial charge is 0.493 e. The van der Waals surface area contributed by atoms with Gasteiger partial charge in [-0.1, -0.05) is 18.2 Å². The second kappa shape index (κ2) is 6.24. The molecule has 0 aliphatic rings. The van der Waals surface area contributed by atoms with Crippen LogP contribution >= 0.6 is 0 Å². The zero-order valence-corrected chi connectivity index (χ0v) is 12.8. The Morgan fingerprint density at radius 3 is 2.35 bits per heavy atom. The van der Waals surface area contributed by atoms with Gasteiger partial charge in [0, 0.05) is 17.1 Å². The summed E-state index contributed by atoms with van der Waals surface area (Å²) in [6.45, 7) is 0. The van der Waals surface area contributed by atoms with Crippen molar-refractivity contribution >= 4 is 22.4 Å². The van der Waals surface area contributed by atoms with Crippen molar-refractivity contribution in [3.8, 4) is 17.6 Å². The lowest BCUT2D eigenvalue weighted by Gasteiger charge is -2.12. The lowest BCUT2D eigenvalue weighted by Crippen LogP contribution is -1.98. The van der Waals surface area contributed by atoms with Gasteiger partial charge in [0.1, 0.15) is 11.9 Å². The summed E-state index contributed by atoms with van der Waals surface area (Å²) in [6, 6.07) is 17.2. The van der Waals surface area contributed by atoms with Gasteiger partial charge in [-0.15, -0.1) is 0 Å². The van der Waals surface area contributed by atoms with Gasteiger partial charge in [-0.2, -0.15) is 5.26 Å². The first-order chi connectivity index (χ1) is 11.2. The van der Waals surface area contributed by atoms with Gasteiger partial charge >= 0.3 is 0 Å². The van der Waals surface area contributed by atoms with Crippen LogP contribution in [0.15, 0.2) is 48.5 Å². The van der Waals surface area contributed by atoms with E-state index in [9.17, 15) is 5.26 Å². The number of methoxy groups -OCH3 is 2. The summed E-state index contributed by atoms with van der Waals surface area (Å²) in [5, 5.41) is 13.4. The van der Waals surface area contributed by atoms with Crippen molar-refractivity contribution in [2.45, 2.75) is 0 Å². The third-order valence-electron chi connectivity index (χ3n) is 3.48. The number of hydrogen-bond donors (Lipinski definition) is 1. The minimum atomic E-state index is 0.466. The number of nitrogens with zero attached hydrogens (tertiary/aromatic N) is 2. The molecule has 1 aromatic heterocycles. The van der Waals surface area contributed by atoms with Crippen LogP contribution in [-0.4, -0.2) is 19.2 Å². The molecule has 0 spiro atoms. The molecule has 0 aliphatic carbocycles. The maximum Gasteiger partial charge on any atom is 0.162 e. The highest BCUT2D eigenvalue weighted by Gasteiger charge is 2.11. The van der Waals surface area contributed by atoms with E-state index in [-0.39, 0.29) is 0 Å². The zero-order chi connectivity index (χ0) is 16.2. The number of nitrogens with one attached hydrogen (secondary N) is 1. The van der Waals surface area contributed by atoms with Crippen LogP contribution in [0.25, 0.3) is 10.9 Å². The average Bonchev–Trinajstić information content (AvgIpc) is 2.60. The Labute approximate surface area is 134 Å². The van der Waals surface area contributed by atoms with Gasteiger partial charge in [0.2, 0.25) is 0 Å². The maximum absolute atomic E-state index is 9.40. The van der Waals surface area contributed by atoms with Crippen LogP contribution in [0, 0.1) is 11.3 Å². The Hall–Kier alpha value is -3.26. The van der Waals surface area contributed by atoms with Crippen LogP contribution in [0.1, 0.15) is 5.56 Å². The van der Waals surface area contributed by atoms with Crippen molar-refractivity contribution < 1.29 is 9.47 Å². The van der Waals surface area contributed by atoms with Gasteiger partial charge in [0.15, 0.2) is 11.5 Å². The molecular formula is C18H15N3O2. The summed E-state index contributed by atoms with van der Waals surface area (Å²) >= 11 is 0. The Balaban J connectivity index is 2.13. The number of aromatic nitrogens is 1. The zero-order valence-electron chi connectivity index (χ0n) is 12.8. The van der Waals surface area contributed by atoms with E-state index in [2.05, 4.69) is 16.4 Å². The smallest absolute Gasteiger partial charge is 0.162 e. The van der Waals surface area contributed by atoms with Crippen molar-refractivity contribution in [3.05, 3.63) is 54.1 Å². The third kappa shape index (κ3) is 2.87. The van der Waals surface area contributed by atoms with Crippen LogP contribution in [0.3, 0.4) is 0 Å². The quantitative estimate of drug-likeness (QED) is 0.792. The van der Waals surface area contributed by atoms with Crippen molar-refractivity contribution in [1.29, 1.82) is 5.26 Å². The monoisotopic (exact) mass is 305 g/mol. The Morgan fingerprint density at radius 1 is 1.00 bits per heavy atom. The number of fused-ring (bicyclic) bond motifs is 1. The molecule has 0 saturated heterocycles. The summed E-state index contributed by atoms with van der Waals surface area (Å²) in [4.78, 5) is 4.56. The number of rotatable bonds is 4. The number of pyridine rings is 1. The topological polar surface area (TPSA) is 67.2 Å². The number of para-hydroxylation sites is 1. The Morgan fingerprint density at radius 2 is 1.70 bits per heavy atom. The molecule has 114 valence electrons. The second-order valence-corrected chi connectivity index (χ2v) is 4.89. The van der Waals surface area contributed by atoms with E-state index in [1.807, 2.05) is 36.4 Å². The summed E-state index contributed by atoms with van der Waals surface area (Å²) in [5.74, 6) is 1.72. The minimum absolute atomic E-state index is 0.466. The fourth-order valence-corrected chi connectivity index (χ4v) is 2.34. The molecule has 1 N–H and O–H groups in total. The number of ether oxygens (including phenoxy) is 2. The number of benzene rings is 2. The van der Waals surface area contributed by atoms with E-state index in [4.69, 9.17) is 9.47 Å². The van der Waals surface area contributed by atoms with Gasteiger partial charge in [-0.3, -0.25) is 0 Å². The van der Waals surface area contributed by atoms with Gasteiger partial charge in [0.05, 0.1) is 25.3 Å². The lowest BCUT2D eigenvalue weighted by molar-refractivity contribution is 0.356. The molecule has 0 bridgehead atoms. The number of nitriles is 1. The first-order valence-electron chi connectivity index (χ1n) is 7.04. The molecule has 5 heteroatoms. The molecule has 5 nitrogen and oxygen atoms in total. The molecule has 0 aliphatic heterocycles. The number of hydrogen-bond acceptors (Lipinski definition) is 5. The van der Waals surface area contributed by atoms with Gasteiger partial charge in [-0.25, -0.2) is 4.98 Å². The van der Waals surface area contributed by atoms with Crippen LogP contribution in [0.4, 0.5) is 11.5 Å². The fourth-order valence-electron chi connectivity index (χ4n) is 2.34. The first-order valence-corrected chi connectivity index (χ1v) is 7.04. The Bertz CT molecular complexity index is 886. The van der Waals surface area contributed by atoms with E-state index in [0.29, 0.717) is 22.9 Å². The molecule has 0 unspecified atom stereocenters. The standard InChI is InChI=1S/C18H15N3O2/c1-22-16-9-12-8-13(11-19)18(20-14-6-4-3-5-7-14)21-15(12)10-17(16)23-2/h3-10H,1-2H3,(H,20,21). The Kier molecular flexibility index (Phi) is 3.98. The molecule has 0 atom stereocenters. The molecule has 3 rings (SSSR count). The molecule has 0 fully saturated rings. The van der Waals surface area contributed by atoms with Crippen LogP contribution in [0.5, 0.6) is 11.5 Å². The predicted molar refractivity (Wildman–Crippen MR) is 89.3 cm³/mol. The van der Waals surface area contributed by atoms with E-state index in [1.54, 1.807) is 26.4 Å². The fraction of sp³-hybridized carbons (Fsp3) is 0.111. The van der Waals surface area contributed by atoms with Gasteiger partial charge in [-0.05, 0) is 24.3 Å². The van der Waals surface area contributed by atoms with E-state index in [1.165, 1.54) is 0 Å². The van der Waals surface area contributed by atoms with Crippen molar-refractivity contribution in [3.63, 3.8) is 0 Å². The maximum atomic E-state index is 9.40. The van der Waals surface area contributed by atoms with Crippen molar-refractivity contribution in [2.24, 2.45) is 0 Å². The molecule has 1 heterocycles. The van der Waals surface area contributed by atoms with Crippen molar-refractivity contribution in [2.75, 3.05) is 19.5 Å². The molecule has 3 aromatic rings. The molecule has 2 aromatic carbocycles. The summed E-state index contributed by atoms with van der Waals surface area (Å²) in [7, 11) is 3.16. The third-order valence-corrected chi connectivity index (χ3v) is 3.48. The normalized spacial score (nSPS) is 10.1. The lowest BCUT2D eigenvalue weighted by atomic mass is 10.1. The second-order valence-electron chi connectivity index (χ2n) is 4.89. The summed E-state index contributed by atoms with van der Waals surface area (Å²) in [5.41, 5.74) is 2.06. The highest BCUT2D eigenvalue weighted by molar-refractivity contribution is 5.86. The van der Waals surface area contributed by atoms with E-state index >= 15 is 0 Å². The summed E-state index contributed by atoms with van der Waals surface area (Å²) < 4.78 is 10.6. The highest BCUT2D eigenvalue weighted by atomic mass is 16.5. The molecular weight excluding hydrogens is 290 g/mol. The molecule has 0 saturated carbocycles. The van der Waals surface area contributed by atoms with Crippen LogP contribution in [-0.2, 0) is 0 Å². The van der Waals surface area contributed by atoms with Crippen molar-refractivity contribution in [1.82, 2.24) is 4.98 Å². The predicted octanol–water partition coefficient (Wildman–Crippen LogP) is 3.87. The molecule has 23 heavy (non-hydrogen) atoms. The highest BCUT2D eigenvalue weighted by Crippen LogP contribution is 2.33. The SMILES string of the molecule is COc1cc2cc(C#N)c(Nc3ccccc3)nc2cc1OC. The minimum Gasteiger partial charge on any atom is -0.493 e. The van der Waals surface area contributed by atoms with Gasteiger partial charge in [0.25, 0.3) is 0 Å². The molecule has 0 radical (unpaired) electrons. The average molecular weight is 305 g/mol. The summed E-state index contributed by atoms with van der Waals surface area (Å²) in [6.07, 6.45) is 0. The molecule has 0 amide bonds. The first kappa shape index (κ1) is 14.7. The number of anilines is 2.